The molecule has 2 heterocycles. The van der Waals surface area contributed by atoms with Gasteiger partial charge in [0.15, 0.2) is 0 Å². The van der Waals surface area contributed by atoms with Gasteiger partial charge in [0.1, 0.15) is 16.4 Å². The fourth-order valence-electron chi connectivity index (χ4n) is 0.931. The van der Waals surface area contributed by atoms with E-state index in [2.05, 4.69) is 4.74 Å². The molecule has 0 aromatic rings. The smallest absolute Gasteiger partial charge is 0.309 e. The number of esters is 1. The molecule has 2 aliphatic heterocycles. The summed E-state index contributed by atoms with van der Waals surface area (Å²) >= 11 is 0. The lowest BCUT2D eigenvalue weighted by Gasteiger charge is -2.09. The predicted octanol–water partition coefficient (Wildman–Crippen LogP) is 0.128. The maximum atomic E-state index is 10.4. The molecular formula is C7H12O4S. The van der Waals surface area contributed by atoms with E-state index in [1.807, 2.05) is 0 Å². The van der Waals surface area contributed by atoms with Crippen molar-refractivity contribution in [3.63, 3.8) is 0 Å². The van der Waals surface area contributed by atoms with Crippen LogP contribution in [-0.2, 0) is 19.4 Å². The first-order chi connectivity index (χ1) is 5.60. The van der Waals surface area contributed by atoms with Crippen molar-refractivity contribution in [3.05, 3.63) is 0 Å². The molecule has 2 rings (SSSR count). The minimum absolute atomic E-state index is 0.0648. The second-order valence-corrected chi connectivity index (χ2v) is 5.13. The predicted molar refractivity (Wildman–Crippen MR) is 43.5 cm³/mol. The van der Waals surface area contributed by atoms with Crippen molar-refractivity contribution in [1.82, 2.24) is 0 Å². The molecule has 0 N–H and O–H groups in total. The molecule has 2 fully saturated rings. The highest BCUT2D eigenvalue weighted by atomic mass is 32.2. The lowest BCUT2D eigenvalue weighted by molar-refractivity contribution is -0.157. The van der Waals surface area contributed by atoms with Gasteiger partial charge in [-0.15, -0.1) is 0 Å². The molecule has 0 unspecified atom stereocenters. The third-order valence-electron chi connectivity index (χ3n) is 1.73. The number of cyclic esters (lactones) is 1. The summed E-state index contributed by atoms with van der Waals surface area (Å²) in [5.74, 6) is 0.782. The van der Waals surface area contributed by atoms with Crippen LogP contribution in [0, 0.1) is 0 Å². The Kier molecular flexibility index (Phi) is 3.08. The van der Waals surface area contributed by atoms with E-state index in [0.29, 0.717) is 24.5 Å². The van der Waals surface area contributed by atoms with Crippen molar-refractivity contribution < 1.29 is 17.9 Å². The summed E-state index contributed by atoms with van der Waals surface area (Å²) in [6.45, 7) is 0.638. The van der Waals surface area contributed by atoms with E-state index in [1.165, 1.54) is 0 Å². The minimum atomic E-state index is -2.55. The lowest BCUT2D eigenvalue weighted by atomic mass is 10.4. The number of carbonyl (C=O) groups excluding carboxylic acids is 1. The first-order valence-electron chi connectivity index (χ1n) is 3.96. The fraction of sp³-hybridized carbons (Fsp3) is 0.857. The maximum Gasteiger partial charge on any atom is 0.309 e. The van der Waals surface area contributed by atoms with Crippen LogP contribution in [0.1, 0.15) is 19.3 Å². The zero-order chi connectivity index (χ0) is 9.03. The molecule has 4 nitrogen and oxygen atoms in total. The van der Waals surface area contributed by atoms with E-state index in [9.17, 15) is 13.2 Å². The standard InChI is InChI=1S/C4H8O2S.C3H4O2/c5-7(6)3-1-2-4-7;4-3-1-2-5-3/h1-4H2;1-2H2. The highest BCUT2D eigenvalue weighted by Crippen LogP contribution is 2.08. The van der Waals surface area contributed by atoms with Crippen LogP contribution >= 0.6 is 0 Å². The average molecular weight is 192 g/mol. The second kappa shape index (κ2) is 3.89. The Balaban J connectivity index is 0.000000127. The molecular weight excluding hydrogens is 180 g/mol. The van der Waals surface area contributed by atoms with Crippen molar-refractivity contribution in [2.75, 3.05) is 18.1 Å². The second-order valence-electron chi connectivity index (χ2n) is 2.83. The Morgan fingerprint density at radius 1 is 1.17 bits per heavy atom. The molecule has 0 aromatic carbocycles. The number of carbonyl (C=O) groups is 1. The molecule has 0 aromatic heterocycles. The van der Waals surface area contributed by atoms with Gasteiger partial charge in [-0.05, 0) is 12.8 Å². The molecule has 0 amide bonds. The molecule has 0 radical (unpaired) electrons. The summed E-state index contributed by atoms with van der Waals surface area (Å²) in [6, 6.07) is 0. The third-order valence-corrected chi connectivity index (χ3v) is 3.55. The van der Waals surface area contributed by atoms with Crippen molar-refractivity contribution in [3.8, 4) is 0 Å². The van der Waals surface area contributed by atoms with E-state index in [4.69, 9.17) is 0 Å². The number of rotatable bonds is 0. The molecule has 0 spiro atoms. The van der Waals surface area contributed by atoms with Gasteiger partial charge in [0, 0.05) is 0 Å². The minimum Gasteiger partial charge on any atom is -0.465 e. The zero-order valence-corrected chi connectivity index (χ0v) is 7.60. The van der Waals surface area contributed by atoms with E-state index in [-0.39, 0.29) is 5.97 Å². The van der Waals surface area contributed by atoms with E-state index in [1.54, 1.807) is 0 Å². The monoisotopic (exact) mass is 192 g/mol. The number of ether oxygens (including phenoxy) is 1. The summed E-state index contributed by atoms with van der Waals surface area (Å²) < 4.78 is 25.2. The Morgan fingerprint density at radius 3 is 1.67 bits per heavy atom. The van der Waals surface area contributed by atoms with Crippen LogP contribution in [0.15, 0.2) is 0 Å². The molecule has 5 heteroatoms. The van der Waals surface area contributed by atoms with Crippen LogP contribution < -0.4 is 0 Å². The van der Waals surface area contributed by atoms with Gasteiger partial charge >= 0.3 is 5.97 Å². The lowest BCUT2D eigenvalue weighted by Crippen LogP contribution is -2.18. The van der Waals surface area contributed by atoms with Gasteiger partial charge in [-0.2, -0.15) is 0 Å². The van der Waals surface area contributed by atoms with Crippen LogP contribution in [0.5, 0.6) is 0 Å². The average Bonchev–Trinajstić information content (AvgIpc) is 2.31. The summed E-state index contributed by atoms with van der Waals surface area (Å²) in [5, 5.41) is 0. The summed E-state index contributed by atoms with van der Waals surface area (Å²) in [6.07, 6.45) is 2.38. The number of hydrogen-bond acceptors (Lipinski definition) is 4. The Hall–Kier alpha value is -0.580. The first-order valence-corrected chi connectivity index (χ1v) is 5.78. The normalized spacial score (nSPS) is 24.8. The van der Waals surface area contributed by atoms with Gasteiger partial charge in [-0.25, -0.2) is 8.42 Å². The van der Waals surface area contributed by atoms with E-state index in [0.717, 1.165) is 12.8 Å². The topological polar surface area (TPSA) is 60.4 Å². The van der Waals surface area contributed by atoms with Crippen LogP contribution in [0.4, 0.5) is 0 Å². The summed E-state index contributed by atoms with van der Waals surface area (Å²) in [5.41, 5.74) is 0. The highest BCUT2D eigenvalue weighted by molar-refractivity contribution is 7.91. The summed E-state index contributed by atoms with van der Waals surface area (Å²) in [4.78, 5) is 9.68. The Morgan fingerprint density at radius 2 is 1.58 bits per heavy atom. The maximum absolute atomic E-state index is 10.4. The molecule has 0 atom stereocenters. The fourth-order valence-corrected chi connectivity index (χ4v) is 2.42. The molecule has 2 aliphatic rings. The van der Waals surface area contributed by atoms with Gasteiger partial charge in [0.2, 0.25) is 0 Å². The van der Waals surface area contributed by atoms with E-state index >= 15 is 0 Å². The quantitative estimate of drug-likeness (QED) is 0.512. The van der Waals surface area contributed by atoms with E-state index < -0.39 is 9.84 Å². The van der Waals surface area contributed by atoms with Crippen LogP contribution in [0.2, 0.25) is 0 Å². The Bertz CT molecular complexity index is 237. The molecule has 0 saturated carbocycles. The Labute approximate surface area is 71.8 Å². The van der Waals surface area contributed by atoms with Gasteiger partial charge in [0.25, 0.3) is 0 Å². The largest absolute Gasteiger partial charge is 0.465 e. The van der Waals surface area contributed by atoms with Gasteiger partial charge in [-0.3, -0.25) is 4.79 Å². The van der Waals surface area contributed by atoms with Gasteiger partial charge < -0.3 is 4.74 Å². The first kappa shape index (κ1) is 9.51. The van der Waals surface area contributed by atoms with Crippen molar-refractivity contribution >= 4 is 15.8 Å². The van der Waals surface area contributed by atoms with Crippen molar-refractivity contribution in [1.29, 1.82) is 0 Å². The number of sulfone groups is 1. The molecule has 0 aliphatic carbocycles. The molecule has 12 heavy (non-hydrogen) atoms. The van der Waals surface area contributed by atoms with Crippen LogP contribution in [0.25, 0.3) is 0 Å². The van der Waals surface area contributed by atoms with Gasteiger partial charge in [0.05, 0.1) is 17.9 Å². The molecule has 0 bridgehead atoms. The third kappa shape index (κ3) is 3.21. The highest BCUT2D eigenvalue weighted by Gasteiger charge is 2.16. The molecule has 2 saturated heterocycles. The number of hydrogen-bond donors (Lipinski definition) is 0. The summed E-state index contributed by atoms with van der Waals surface area (Å²) in [7, 11) is -2.55. The van der Waals surface area contributed by atoms with Crippen LogP contribution in [0.3, 0.4) is 0 Å². The van der Waals surface area contributed by atoms with Crippen molar-refractivity contribution in [2.45, 2.75) is 19.3 Å². The van der Waals surface area contributed by atoms with Gasteiger partial charge in [-0.1, -0.05) is 0 Å². The van der Waals surface area contributed by atoms with Crippen LogP contribution in [-0.4, -0.2) is 32.5 Å². The molecule has 70 valence electrons. The SMILES string of the molecule is O=C1CCO1.O=S1(=O)CCCC1. The van der Waals surface area contributed by atoms with Crippen molar-refractivity contribution in [2.24, 2.45) is 0 Å². The zero-order valence-electron chi connectivity index (χ0n) is 6.78.